The Kier molecular flexibility index (Phi) is 4.58. The maximum atomic E-state index is 11.4. The number of rotatable bonds is 5. The smallest absolute Gasteiger partial charge is 0.130 e. The summed E-state index contributed by atoms with van der Waals surface area (Å²) in [6, 6.07) is 19.1. The molecule has 0 spiro atoms. The van der Waals surface area contributed by atoms with Crippen molar-refractivity contribution in [2.24, 2.45) is 11.7 Å². The van der Waals surface area contributed by atoms with Gasteiger partial charge in [-0.25, -0.2) is 0 Å². The molecule has 0 aliphatic heterocycles. The minimum Gasteiger partial charge on any atom is -0.379 e. The zero-order chi connectivity index (χ0) is 14.6. The molecule has 0 saturated carbocycles. The lowest BCUT2D eigenvalue weighted by atomic mass is 9.75. The molecule has 0 unspecified atom stereocenters. The first-order chi connectivity index (χ1) is 9.60. The minimum atomic E-state index is -1.15. The van der Waals surface area contributed by atoms with E-state index >= 15 is 0 Å². The summed E-state index contributed by atoms with van der Waals surface area (Å²) < 4.78 is 0. The Morgan fingerprint density at radius 1 is 0.950 bits per heavy atom. The van der Waals surface area contributed by atoms with Crippen LogP contribution in [0, 0.1) is 5.92 Å². The van der Waals surface area contributed by atoms with Gasteiger partial charge in [0.2, 0.25) is 0 Å². The number of hydrogen-bond acceptors (Lipinski definition) is 2. The van der Waals surface area contributed by atoms with Crippen LogP contribution in [0.5, 0.6) is 0 Å². The largest absolute Gasteiger partial charge is 0.379 e. The van der Waals surface area contributed by atoms with Gasteiger partial charge in [-0.1, -0.05) is 80.9 Å². The lowest BCUT2D eigenvalue weighted by Crippen LogP contribution is -2.50. The first-order valence-electron chi connectivity index (χ1n) is 7.19. The molecule has 2 atom stereocenters. The Balaban J connectivity index is 2.55. The number of benzene rings is 2. The predicted molar refractivity (Wildman–Crippen MR) is 83.3 cm³/mol. The molecule has 0 bridgehead atoms. The Morgan fingerprint density at radius 2 is 1.35 bits per heavy atom. The molecule has 0 saturated heterocycles. The molecule has 2 heteroatoms. The maximum absolute atomic E-state index is 11.4. The lowest BCUT2D eigenvalue weighted by Gasteiger charge is -2.38. The van der Waals surface area contributed by atoms with Gasteiger partial charge >= 0.3 is 0 Å². The molecule has 2 aromatic carbocycles. The van der Waals surface area contributed by atoms with E-state index in [2.05, 4.69) is 13.8 Å². The van der Waals surface area contributed by atoms with Gasteiger partial charge in [0.05, 0.1) is 0 Å². The monoisotopic (exact) mass is 269 g/mol. The van der Waals surface area contributed by atoms with Crippen LogP contribution >= 0.6 is 0 Å². The zero-order valence-electron chi connectivity index (χ0n) is 12.2. The van der Waals surface area contributed by atoms with Crippen molar-refractivity contribution in [3.8, 4) is 0 Å². The van der Waals surface area contributed by atoms with E-state index < -0.39 is 5.60 Å². The summed E-state index contributed by atoms with van der Waals surface area (Å²) >= 11 is 0. The molecule has 0 heterocycles. The fraction of sp³-hybridized carbons (Fsp3) is 0.333. The highest BCUT2D eigenvalue weighted by Crippen LogP contribution is 2.35. The minimum absolute atomic E-state index is 0.223. The van der Waals surface area contributed by atoms with Crippen LogP contribution in [0.2, 0.25) is 0 Å². The van der Waals surface area contributed by atoms with Crippen LogP contribution in [-0.2, 0) is 5.60 Å². The predicted octanol–water partition coefficient (Wildman–Crippen LogP) is 3.30. The third kappa shape index (κ3) is 2.62. The van der Waals surface area contributed by atoms with Crippen LogP contribution < -0.4 is 5.73 Å². The number of aliphatic hydroxyl groups is 1. The zero-order valence-corrected chi connectivity index (χ0v) is 12.2. The fourth-order valence-electron chi connectivity index (χ4n) is 2.60. The summed E-state index contributed by atoms with van der Waals surface area (Å²) in [5.74, 6) is 0.223. The van der Waals surface area contributed by atoms with E-state index in [1.54, 1.807) is 0 Å². The van der Waals surface area contributed by atoms with Crippen molar-refractivity contribution in [1.82, 2.24) is 0 Å². The van der Waals surface area contributed by atoms with Gasteiger partial charge in [0, 0.05) is 6.04 Å². The molecule has 0 aromatic heterocycles. The number of nitrogens with two attached hydrogens (primary N) is 1. The van der Waals surface area contributed by atoms with Crippen LogP contribution in [0.15, 0.2) is 60.7 Å². The highest BCUT2D eigenvalue weighted by atomic mass is 16.3. The van der Waals surface area contributed by atoms with Crippen molar-refractivity contribution < 1.29 is 5.11 Å². The second kappa shape index (κ2) is 6.21. The molecule has 0 aliphatic carbocycles. The molecule has 0 aliphatic rings. The van der Waals surface area contributed by atoms with Crippen molar-refractivity contribution >= 4 is 0 Å². The van der Waals surface area contributed by atoms with Gasteiger partial charge in [0.15, 0.2) is 0 Å². The van der Waals surface area contributed by atoms with E-state index in [1.165, 1.54) is 0 Å². The summed E-state index contributed by atoms with van der Waals surface area (Å²) in [7, 11) is 0. The summed E-state index contributed by atoms with van der Waals surface area (Å²) in [5.41, 5.74) is 6.96. The van der Waals surface area contributed by atoms with E-state index in [-0.39, 0.29) is 12.0 Å². The third-order valence-corrected chi connectivity index (χ3v) is 4.17. The maximum Gasteiger partial charge on any atom is 0.130 e. The molecule has 106 valence electrons. The van der Waals surface area contributed by atoms with Crippen LogP contribution in [-0.4, -0.2) is 11.1 Å². The van der Waals surface area contributed by atoms with Gasteiger partial charge in [0.25, 0.3) is 0 Å². The van der Waals surface area contributed by atoms with Crippen molar-refractivity contribution in [2.75, 3.05) is 0 Å². The van der Waals surface area contributed by atoms with Crippen molar-refractivity contribution in [1.29, 1.82) is 0 Å². The second-order valence-electron chi connectivity index (χ2n) is 5.41. The van der Waals surface area contributed by atoms with Crippen LogP contribution in [0.4, 0.5) is 0 Å². The van der Waals surface area contributed by atoms with Gasteiger partial charge in [-0.05, 0) is 17.0 Å². The van der Waals surface area contributed by atoms with Crippen LogP contribution in [0.1, 0.15) is 31.4 Å². The van der Waals surface area contributed by atoms with Crippen molar-refractivity contribution in [3.05, 3.63) is 71.8 Å². The SMILES string of the molecule is CC[C@@H](C)[C@H](N)C(O)(c1ccccc1)c1ccccc1. The van der Waals surface area contributed by atoms with Gasteiger partial charge in [-0.15, -0.1) is 0 Å². The highest BCUT2D eigenvalue weighted by Gasteiger charge is 2.40. The van der Waals surface area contributed by atoms with Gasteiger partial charge < -0.3 is 10.8 Å². The molecule has 0 amide bonds. The van der Waals surface area contributed by atoms with Gasteiger partial charge in [-0.2, -0.15) is 0 Å². The Bertz CT molecular complexity index is 484. The molecular formula is C18H23NO. The van der Waals surface area contributed by atoms with Crippen molar-refractivity contribution in [2.45, 2.75) is 31.9 Å². The lowest BCUT2D eigenvalue weighted by molar-refractivity contribution is 0.0317. The topological polar surface area (TPSA) is 46.2 Å². The summed E-state index contributed by atoms with van der Waals surface area (Å²) in [5, 5.41) is 11.4. The van der Waals surface area contributed by atoms with E-state index in [4.69, 9.17) is 5.73 Å². The van der Waals surface area contributed by atoms with E-state index in [0.29, 0.717) is 0 Å². The van der Waals surface area contributed by atoms with E-state index in [9.17, 15) is 5.11 Å². The average Bonchev–Trinajstić information content (AvgIpc) is 2.54. The fourth-order valence-corrected chi connectivity index (χ4v) is 2.60. The second-order valence-corrected chi connectivity index (χ2v) is 5.41. The van der Waals surface area contributed by atoms with Gasteiger partial charge in [0.1, 0.15) is 5.60 Å². The van der Waals surface area contributed by atoms with E-state index in [1.807, 2.05) is 60.7 Å². The molecule has 0 radical (unpaired) electrons. The Hall–Kier alpha value is -1.64. The van der Waals surface area contributed by atoms with E-state index in [0.717, 1.165) is 17.5 Å². The summed E-state index contributed by atoms with van der Waals surface area (Å²) in [6.07, 6.45) is 0.934. The molecule has 20 heavy (non-hydrogen) atoms. The third-order valence-electron chi connectivity index (χ3n) is 4.17. The molecule has 2 nitrogen and oxygen atoms in total. The van der Waals surface area contributed by atoms with Crippen molar-refractivity contribution in [3.63, 3.8) is 0 Å². The summed E-state index contributed by atoms with van der Waals surface area (Å²) in [6.45, 7) is 4.18. The highest BCUT2D eigenvalue weighted by molar-refractivity contribution is 5.38. The Labute approximate surface area is 121 Å². The number of hydrogen-bond donors (Lipinski definition) is 2. The molecule has 2 aromatic rings. The molecular weight excluding hydrogens is 246 g/mol. The normalized spacial score (nSPS) is 14.8. The van der Waals surface area contributed by atoms with Crippen LogP contribution in [0.3, 0.4) is 0 Å². The van der Waals surface area contributed by atoms with Gasteiger partial charge in [-0.3, -0.25) is 0 Å². The molecule has 3 N–H and O–H groups in total. The first-order valence-corrected chi connectivity index (χ1v) is 7.19. The molecule has 2 rings (SSSR count). The standard InChI is InChI=1S/C18H23NO/c1-3-14(2)17(19)18(20,15-10-6-4-7-11-15)16-12-8-5-9-13-16/h4-14,17,20H,3,19H2,1-2H3/t14-,17+/m1/s1. The quantitative estimate of drug-likeness (QED) is 0.875. The molecule has 0 fully saturated rings. The summed E-state index contributed by atoms with van der Waals surface area (Å²) in [4.78, 5) is 0. The average molecular weight is 269 g/mol. The van der Waals surface area contributed by atoms with Crippen LogP contribution in [0.25, 0.3) is 0 Å². The first kappa shape index (κ1) is 14.8. The Morgan fingerprint density at radius 3 is 1.70 bits per heavy atom.